The zero-order chi connectivity index (χ0) is 11.3. The van der Waals surface area contributed by atoms with Gasteiger partial charge in [0, 0.05) is 18.0 Å². The predicted molar refractivity (Wildman–Crippen MR) is 61.5 cm³/mol. The molecule has 0 aliphatic heterocycles. The molecule has 82 valence electrons. The normalized spacial score (nSPS) is 10.7. The van der Waals surface area contributed by atoms with Crippen molar-refractivity contribution in [3.8, 4) is 0 Å². The summed E-state index contributed by atoms with van der Waals surface area (Å²) in [6.07, 6.45) is 0. The fourth-order valence-electron chi connectivity index (χ4n) is 1.31. The summed E-state index contributed by atoms with van der Waals surface area (Å²) < 4.78 is 0. The molecule has 3 nitrogen and oxygen atoms in total. The van der Waals surface area contributed by atoms with Gasteiger partial charge in [-0.3, -0.25) is 15.6 Å². The van der Waals surface area contributed by atoms with Crippen LogP contribution in [0.15, 0.2) is 24.3 Å². The van der Waals surface area contributed by atoms with Gasteiger partial charge >= 0.3 is 0 Å². The van der Waals surface area contributed by atoms with Gasteiger partial charge in [0.2, 0.25) is 0 Å². The molecule has 3 heteroatoms. The first-order chi connectivity index (χ1) is 7.15. The number of Topliss-reactive ketones (excluding diaryl/α,β-unsaturated/α-hetero) is 1. The van der Waals surface area contributed by atoms with Crippen molar-refractivity contribution in [1.29, 1.82) is 0 Å². The number of ketones is 1. The number of hydrogen-bond acceptors (Lipinski definition) is 3. The van der Waals surface area contributed by atoms with Crippen LogP contribution in [0.25, 0.3) is 0 Å². The summed E-state index contributed by atoms with van der Waals surface area (Å²) in [5.74, 6) is 0.259. The molecule has 0 radical (unpaired) electrons. The van der Waals surface area contributed by atoms with Gasteiger partial charge in [0.1, 0.15) is 0 Å². The van der Waals surface area contributed by atoms with Crippen molar-refractivity contribution in [3.05, 3.63) is 35.4 Å². The van der Waals surface area contributed by atoms with Crippen LogP contribution < -0.4 is 10.9 Å². The first kappa shape index (κ1) is 11.9. The maximum atomic E-state index is 11.6. The number of carbonyl (C=O) groups is 1. The quantitative estimate of drug-likeness (QED) is 0.569. The summed E-state index contributed by atoms with van der Waals surface area (Å²) in [5.41, 5.74) is 7.80. The first-order valence-electron chi connectivity index (χ1n) is 5.18. The third-order valence-electron chi connectivity index (χ3n) is 2.23. The zero-order valence-corrected chi connectivity index (χ0v) is 9.50. The Hall–Kier alpha value is -1.19. The Balaban J connectivity index is 2.68. The van der Waals surface area contributed by atoms with Gasteiger partial charge in [0.15, 0.2) is 5.78 Å². The molecule has 15 heavy (non-hydrogen) atoms. The Labute approximate surface area is 90.9 Å². The Kier molecular flexibility index (Phi) is 4.46. The van der Waals surface area contributed by atoms with Crippen LogP contribution >= 0.6 is 0 Å². The van der Waals surface area contributed by atoms with Crippen LogP contribution in [-0.2, 0) is 6.54 Å². The molecule has 2 N–H and O–H groups in total. The Morgan fingerprint density at radius 3 is 2.33 bits per heavy atom. The van der Waals surface area contributed by atoms with E-state index >= 15 is 0 Å². The molecular weight excluding hydrogens is 188 g/mol. The van der Waals surface area contributed by atoms with E-state index in [2.05, 4.69) is 10.9 Å². The van der Waals surface area contributed by atoms with Crippen molar-refractivity contribution in [3.63, 3.8) is 0 Å². The average molecular weight is 206 g/mol. The molecule has 0 heterocycles. The molecule has 0 saturated heterocycles. The van der Waals surface area contributed by atoms with Gasteiger partial charge in [-0.25, -0.2) is 0 Å². The third kappa shape index (κ3) is 3.46. The fourth-order valence-corrected chi connectivity index (χ4v) is 1.31. The van der Waals surface area contributed by atoms with E-state index in [1.54, 1.807) is 0 Å². The number of rotatable bonds is 5. The first-order valence-corrected chi connectivity index (χ1v) is 5.18. The molecule has 0 saturated carbocycles. The van der Waals surface area contributed by atoms with Crippen LogP contribution in [0.4, 0.5) is 0 Å². The minimum absolute atomic E-state index is 0.0614. The van der Waals surface area contributed by atoms with E-state index in [4.69, 9.17) is 0 Å². The highest BCUT2D eigenvalue weighted by Gasteiger charge is 2.09. The largest absolute Gasteiger partial charge is 0.294 e. The standard InChI is InChI=1S/C12H18N2O/c1-9(2)12(15)11-6-4-10(5-7-11)8-14-13-3/h4-7,9,13-14H,8H2,1-3H3. The number of carbonyl (C=O) groups excluding carboxylic acids is 1. The van der Waals surface area contributed by atoms with E-state index < -0.39 is 0 Å². The summed E-state index contributed by atoms with van der Waals surface area (Å²) in [6, 6.07) is 7.71. The zero-order valence-electron chi connectivity index (χ0n) is 9.50. The van der Waals surface area contributed by atoms with E-state index in [1.165, 1.54) is 0 Å². The van der Waals surface area contributed by atoms with E-state index in [0.29, 0.717) is 0 Å². The smallest absolute Gasteiger partial charge is 0.165 e. The highest BCUT2D eigenvalue weighted by Crippen LogP contribution is 2.09. The second kappa shape index (κ2) is 5.63. The predicted octanol–water partition coefficient (Wildman–Crippen LogP) is 1.75. The topological polar surface area (TPSA) is 41.1 Å². The summed E-state index contributed by atoms with van der Waals surface area (Å²) >= 11 is 0. The highest BCUT2D eigenvalue weighted by atomic mass is 16.1. The van der Waals surface area contributed by atoms with Gasteiger partial charge < -0.3 is 0 Å². The molecule has 0 aliphatic rings. The lowest BCUT2D eigenvalue weighted by molar-refractivity contribution is 0.0939. The van der Waals surface area contributed by atoms with Gasteiger partial charge in [-0.2, -0.15) is 0 Å². The lowest BCUT2D eigenvalue weighted by atomic mass is 10.0. The maximum absolute atomic E-state index is 11.6. The van der Waals surface area contributed by atoms with Crippen LogP contribution in [0.3, 0.4) is 0 Å². The Morgan fingerprint density at radius 2 is 1.87 bits per heavy atom. The minimum atomic E-state index is 0.0614. The van der Waals surface area contributed by atoms with Crippen molar-refractivity contribution < 1.29 is 4.79 Å². The number of benzene rings is 1. The van der Waals surface area contributed by atoms with Gasteiger partial charge in [-0.05, 0) is 12.6 Å². The molecule has 1 aromatic carbocycles. The van der Waals surface area contributed by atoms with Crippen LogP contribution in [0.2, 0.25) is 0 Å². The maximum Gasteiger partial charge on any atom is 0.165 e. The third-order valence-corrected chi connectivity index (χ3v) is 2.23. The highest BCUT2D eigenvalue weighted by molar-refractivity contribution is 5.97. The van der Waals surface area contributed by atoms with E-state index in [0.717, 1.165) is 17.7 Å². The summed E-state index contributed by atoms with van der Waals surface area (Å²) in [7, 11) is 1.83. The second-order valence-electron chi connectivity index (χ2n) is 3.82. The summed E-state index contributed by atoms with van der Waals surface area (Å²) in [5, 5.41) is 0. The molecule has 0 aliphatic carbocycles. The molecule has 0 spiro atoms. The van der Waals surface area contributed by atoms with Gasteiger partial charge in [0.25, 0.3) is 0 Å². The van der Waals surface area contributed by atoms with Gasteiger partial charge in [-0.15, -0.1) is 0 Å². The Bertz CT molecular complexity index is 317. The average Bonchev–Trinajstić information content (AvgIpc) is 2.26. The molecule has 0 atom stereocenters. The number of hydrogen-bond donors (Lipinski definition) is 2. The molecule has 1 rings (SSSR count). The van der Waals surface area contributed by atoms with Crippen LogP contribution in [-0.4, -0.2) is 12.8 Å². The monoisotopic (exact) mass is 206 g/mol. The summed E-state index contributed by atoms with van der Waals surface area (Å²) in [4.78, 5) is 11.6. The second-order valence-corrected chi connectivity index (χ2v) is 3.82. The molecule has 0 amide bonds. The summed E-state index contributed by atoms with van der Waals surface area (Å²) in [6.45, 7) is 4.59. The molecular formula is C12H18N2O. The van der Waals surface area contributed by atoms with E-state index in [-0.39, 0.29) is 11.7 Å². The van der Waals surface area contributed by atoms with Crippen molar-refractivity contribution in [2.24, 2.45) is 5.92 Å². The van der Waals surface area contributed by atoms with Crippen molar-refractivity contribution in [1.82, 2.24) is 10.9 Å². The molecule has 1 aromatic rings. The van der Waals surface area contributed by atoms with Gasteiger partial charge in [-0.1, -0.05) is 38.1 Å². The molecule has 0 aromatic heterocycles. The van der Waals surface area contributed by atoms with Crippen LogP contribution in [0.5, 0.6) is 0 Å². The number of nitrogens with one attached hydrogen (secondary N) is 2. The number of hydrazine groups is 1. The molecule has 0 unspecified atom stereocenters. The van der Waals surface area contributed by atoms with E-state index in [1.807, 2.05) is 45.2 Å². The van der Waals surface area contributed by atoms with Crippen LogP contribution in [0.1, 0.15) is 29.8 Å². The van der Waals surface area contributed by atoms with Gasteiger partial charge in [0.05, 0.1) is 0 Å². The van der Waals surface area contributed by atoms with Crippen LogP contribution in [0, 0.1) is 5.92 Å². The Morgan fingerprint density at radius 1 is 1.27 bits per heavy atom. The lowest BCUT2D eigenvalue weighted by Crippen LogP contribution is -2.26. The van der Waals surface area contributed by atoms with Crippen molar-refractivity contribution >= 4 is 5.78 Å². The lowest BCUT2D eigenvalue weighted by Gasteiger charge is -2.06. The van der Waals surface area contributed by atoms with Crippen molar-refractivity contribution in [2.45, 2.75) is 20.4 Å². The molecule has 0 fully saturated rings. The minimum Gasteiger partial charge on any atom is -0.294 e. The SMILES string of the molecule is CNNCc1ccc(C(=O)C(C)C)cc1. The molecule has 0 bridgehead atoms. The van der Waals surface area contributed by atoms with Crippen molar-refractivity contribution in [2.75, 3.05) is 7.05 Å². The van der Waals surface area contributed by atoms with E-state index in [9.17, 15) is 4.79 Å². The fraction of sp³-hybridized carbons (Fsp3) is 0.417.